The maximum Gasteiger partial charge on any atom is 0.277 e. The molecule has 0 radical (unpaired) electrons. The number of nitrogens with zero attached hydrogens (tertiary/aromatic N) is 1. The molecule has 0 aliphatic rings. The van der Waals surface area contributed by atoms with E-state index in [1.165, 1.54) is 10.4 Å². The maximum absolute atomic E-state index is 11.7. The Hall–Kier alpha value is -2.14. The third-order valence-electron chi connectivity index (χ3n) is 3.57. The molecule has 0 aliphatic carbocycles. The highest BCUT2D eigenvalue weighted by Gasteiger charge is 2.04. The zero-order chi connectivity index (χ0) is 16.7. The molecular formula is C18H22N2O2S. The lowest BCUT2D eigenvalue weighted by molar-refractivity contribution is -0.123. The number of ether oxygens (including phenoxy) is 1. The van der Waals surface area contributed by atoms with E-state index >= 15 is 0 Å². The number of amides is 1. The van der Waals surface area contributed by atoms with E-state index in [1.54, 1.807) is 17.6 Å². The summed E-state index contributed by atoms with van der Waals surface area (Å²) in [6.45, 7) is 6.33. The van der Waals surface area contributed by atoms with Crippen LogP contribution in [0.5, 0.6) is 5.75 Å². The minimum absolute atomic E-state index is 0.0521. The zero-order valence-corrected chi connectivity index (χ0v) is 14.5. The molecule has 1 N–H and O–H groups in total. The van der Waals surface area contributed by atoms with Crippen LogP contribution in [0.2, 0.25) is 0 Å². The van der Waals surface area contributed by atoms with Gasteiger partial charge in [-0.15, -0.1) is 11.3 Å². The monoisotopic (exact) mass is 330 g/mol. The predicted molar refractivity (Wildman–Crippen MR) is 95.4 cm³/mol. The van der Waals surface area contributed by atoms with Crippen molar-refractivity contribution in [3.63, 3.8) is 0 Å². The zero-order valence-electron chi connectivity index (χ0n) is 13.7. The second-order valence-electron chi connectivity index (χ2n) is 5.41. The van der Waals surface area contributed by atoms with Gasteiger partial charge in [0, 0.05) is 9.75 Å². The van der Waals surface area contributed by atoms with Crippen LogP contribution in [0.4, 0.5) is 0 Å². The lowest BCUT2D eigenvalue weighted by Gasteiger charge is -2.10. The molecule has 1 aromatic heterocycles. The van der Waals surface area contributed by atoms with Crippen molar-refractivity contribution in [1.29, 1.82) is 0 Å². The topological polar surface area (TPSA) is 50.7 Å². The van der Waals surface area contributed by atoms with Crippen molar-refractivity contribution in [1.82, 2.24) is 5.43 Å². The number of carbonyl (C=O) groups excluding carboxylic acids is 1. The summed E-state index contributed by atoms with van der Waals surface area (Å²) >= 11 is 1.62. The Morgan fingerprint density at radius 1 is 1.30 bits per heavy atom. The van der Waals surface area contributed by atoms with Gasteiger partial charge in [0.05, 0.1) is 6.21 Å². The maximum atomic E-state index is 11.7. The Labute approximate surface area is 141 Å². The van der Waals surface area contributed by atoms with Gasteiger partial charge in [-0.3, -0.25) is 4.79 Å². The van der Waals surface area contributed by atoms with Crippen molar-refractivity contribution in [3.05, 3.63) is 51.7 Å². The van der Waals surface area contributed by atoms with Gasteiger partial charge >= 0.3 is 0 Å². The van der Waals surface area contributed by atoms with Crippen LogP contribution >= 0.6 is 11.3 Å². The Morgan fingerprint density at radius 3 is 2.65 bits per heavy atom. The number of hydrogen-bond donors (Lipinski definition) is 1. The van der Waals surface area contributed by atoms with Crippen LogP contribution in [0.3, 0.4) is 0 Å². The highest BCUT2D eigenvalue weighted by atomic mass is 32.1. The molecule has 1 atom stereocenters. The standard InChI is InChI=1S/C18H22N2O2S/c1-4-13(2)15-6-8-16(9-7-15)22-12-18(21)20-19-11-17-10-5-14(3)23-17/h5-11,13H,4,12H2,1-3H3,(H,20,21)/b19-11+. The van der Waals surface area contributed by atoms with Crippen LogP contribution in [0.1, 0.15) is 41.5 Å². The summed E-state index contributed by atoms with van der Waals surface area (Å²) < 4.78 is 5.46. The van der Waals surface area contributed by atoms with Crippen LogP contribution in [0.25, 0.3) is 0 Å². The summed E-state index contributed by atoms with van der Waals surface area (Å²) in [5, 5.41) is 3.92. The van der Waals surface area contributed by atoms with Gasteiger partial charge < -0.3 is 4.74 Å². The molecule has 5 heteroatoms. The highest BCUT2D eigenvalue weighted by Crippen LogP contribution is 2.21. The number of hydrogen-bond acceptors (Lipinski definition) is 4. The molecule has 1 heterocycles. The average Bonchev–Trinajstić information content (AvgIpc) is 2.98. The van der Waals surface area contributed by atoms with Crippen LogP contribution in [0, 0.1) is 6.92 Å². The molecule has 23 heavy (non-hydrogen) atoms. The third-order valence-corrected chi connectivity index (χ3v) is 4.51. The summed E-state index contributed by atoms with van der Waals surface area (Å²) in [7, 11) is 0. The quantitative estimate of drug-likeness (QED) is 0.614. The second kappa shape index (κ2) is 8.48. The smallest absolute Gasteiger partial charge is 0.277 e. The highest BCUT2D eigenvalue weighted by molar-refractivity contribution is 7.13. The Morgan fingerprint density at radius 2 is 2.04 bits per heavy atom. The molecule has 122 valence electrons. The predicted octanol–water partition coefficient (Wildman–Crippen LogP) is 4.10. The van der Waals surface area contributed by atoms with E-state index in [-0.39, 0.29) is 12.5 Å². The summed E-state index contributed by atoms with van der Waals surface area (Å²) in [4.78, 5) is 13.9. The first-order valence-electron chi connectivity index (χ1n) is 7.69. The summed E-state index contributed by atoms with van der Waals surface area (Å²) in [5.74, 6) is 0.938. The second-order valence-corrected chi connectivity index (χ2v) is 6.73. The van der Waals surface area contributed by atoms with E-state index in [9.17, 15) is 4.79 Å². The van der Waals surface area contributed by atoms with Crippen molar-refractivity contribution in [2.24, 2.45) is 5.10 Å². The molecule has 1 amide bonds. The van der Waals surface area contributed by atoms with Gasteiger partial charge in [-0.25, -0.2) is 5.43 Å². The Kier molecular flexibility index (Phi) is 6.35. The first-order chi connectivity index (χ1) is 11.1. The number of aryl methyl sites for hydroxylation is 1. The molecule has 0 saturated heterocycles. The molecular weight excluding hydrogens is 308 g/mol. The fraction of sp³-hybridized carbons (Fsp3) is 0.333. The Bertz CT molecular complexity index is 662. The van der Waals surface area contributed by atoms with E-state index < -0.39 is 0 Å². The number of carbonyl (C=O) groups is 1. The van der Waals surface area contributed by atoms with Gasteiger partial charge in [0.25, 0.3) is 5.91 Å². The minimum Gasteiger partial charge on any atom is -0.484 e. The van der Waals surface area contributed by atoms with Crippen LogP contribution in [-0.4, -0.2) is 18.7 Å². The molecule has 1 unspecified atom stereocenters. The largest absolute Gasteiger partial charge is 0.484 e. The van der Waals surface area contributed by atoms with Gasteiger partial charge in [0.2, 0.25) is 0 Å². The average molecular weight is 330 g/mol. The van der Waals surface area contributed by atoms with Crippen molar-refractivity contribution in [2.45, 2.75) is 33.1 Å². The van der Waals surface area contributed by atoms with Gasteiger partial charge in [-0.1, -0.05) is 26.0 Å². The summed E-state index contributed by atoms with van der Waals surface area (Å²) in [6, 6.07) is 11.8. The van der Waals surface area contributed by atoms with Crippen molar-refractivity contribution < 1.29 is 9.53 Å². The van der Waals surface area contributed by atoms with Crippen molar-refractivity contribution in [2.75, 3.05) is 6.61 Å². The number of hydrazone groups is 1. The number of benzene rings is 1. The fourth-order valence-corrected chi connectivity index (χ4v) is 2.75. The molecule has 4 nitrogen and oxygen atoms in total. The van der Waals surface area contributed by atoms with E-state index in [0.717, 1.165) is 11.3 Å². The molecule has 0 aliphatic heterocycles. The van der Waals surface area contributed by atoms with E-state index in [0.29, 0.717) is 11.7 Å². The van der Waals surface area contributed by atoms with Crippen LogP contribution < -0.4 is 10.2 Å². The molecule has 0 bridgehead atoms. The lowest BCUT2D eigenvalue weighted by atomic mass is 9.99. The van der Waals surface area contributed by atoms with Crippen LogP contribution in [-0.2, 0) is 4.79 Å². The number of thiophene rings is 1. The normalized spacial score (nSPS) is 12.3. The third kappa shape index (κ3) is 5.53. The Balaban J connectivity index is 1.76. The molecule has 2 aromatic rings. The molecule has 0 fully saturated rings. The van der Waals surface area contributed by atoms with Gasteiger partial charge in [0.15, 0.2) is 6.61 Å². The van der Waals surface area contributed by atoms with Gasteiger partial charge in [-0.05, 0) is 49.1 Å². The summed E-state index contributed by atoms with van der Waals surface area (Å²) in [5.41, 5.74) is 3.74. The molecule has 0 spiro atoms. The van der Waals surface area contributed by atoms with Crippen LogP contribution in [0.15, 0.2) is 41.5 Å². The lowest BCUT2D eigenvalue weighted by Crippen LogP contribution is -2.24. The van der Waals surface area contributed by atoms with E-state index in [1.807, 2.05) is 43.3 Å². The first-order valence-corrected chi connectivity index (χ1v) is 8.51. The first kappa shape index (κ1) is 17.2. The minimum atomic E-state index is -0.277. The van der Waals surface area contributed by atoms with Crippen molar-refractivity contribution in [3.8, 4) is 5.75 Å². The van der Waals surface area contributed by atoms with Crippen molar-refractivity contribution >= 4 is 23.5 Å². The number of rotatable bonds is 7. The molecule has 1 aromatic carbocycles. The van der Waals surface area contributed by atoms with E-state index in [4.69, 9.17) is 4.74 Å². The molecule has 2 rings (SSSR count). The number of nitrogens with one attached hydrogen (secondary N) is 1. The summed E-state index contributed by atoms with van der Waals surface area (Å²) in [6.07, 6.45) is 2.74. The molecule has 0 saturated carbocycles. The fourth-order valence-electron chi connectivity index (χ4n) is 2.00. The van der Waals surface area contributed by atoms with Gasteiger partial charge in [-0.2, -0.15) is 5.10 Å². The van der Waals surface area contributed by atoms with Gasteiger partial charge in [0.1, 0.15) is 5.75 Å². The van der Waals surface area contributed by atoms with E-state index in [2.05, 4.69) is 24.4 Å². The SMILES string of the molecule is CCC(C)c1ccc(OCC(=O)N/N=C/c2ccc(C)s2)cc1.